The fourth-order valence-electron chi connectivity index (χ4n) is 3.57. The van der Waals surface area contributed by atoms with Crippen LogP contribution in [-0.4, -0.2) is 49.4 Å². The lowest BCUT2D eigenvalue weighted by Crippen LogP contribution is -2.47. The van der Waals surface area contributed by atoms with Crippen LogP contribution in [0.2, 0.25) is 0 Å². The maximum Gasteiger partial charge on any atom is 0.295 e. The molecule has 8 nitrogen and oxygen atoms in total. The summed E-state index contributed by atoms with van der Waals surface area (Å²) in [6, 6.07) is 2.10. The lowest BCUT2D eigenvalue weighted by molar-refractivity contribution is -0.115. The van der Waals surface area contributed by atoms with E-state index < -0.39 is 0 Å². The van der Waals surface area contributed by atoms with Crippen molar-refractivity contribution in [3.05, 3.63) is 30.9 Å². The van der Waals surface area contributed by atoms with Gasteiger partial charge in [-0.1, -0.05) is 0 Å². The first-order valence-corrected chi connectivity index (χ1v) is 9.00. The summed E-state index contributed by atoms with van der Waals surface area (Å²) in [7, 11) is 1.88. The van der Waals surface area contributed by atoms with Gasteiger partial charge < -0.3 is 10.2 Å². The quantitative estimate of drug-likeness (QED) is 0.706. The highest BCUT2D eigenvalue weighted by atomic mass is 16.1. The summed E-state index contributed by atoms with van der Waals surface area (Å²) in [6.07, 6.45) is 15.8. The Morgan fingerprint density at radius 2 is 2.26 bits per heavy atom. The molecule has 138 valence electrons. The first kappa shape index (κ1) is 17.1. The van der Waals surface area contributed by atoms with E-state index >= 15 is 0 Å². The van der Waals surface area contributed by atoms with Crippen molar-refractivity contribution in [2.75, 3.05) is 18.0 Å². The molecule has 0 aromatic carbocycles. The number of anilines is 1. The zero-order chi connectivity index (χ0) is 18.8. The summed E-state index contributed by atoms with van der Waals surface area (Å²) in [5.41, 5.74) is 2.69. The van der Waals surface area contributed by atoms with Crippen molar-refractivity contribution >= 4 is 17.2 Å². The van der Waals surface area contributed by atoms with E-state index in [1.165, 1.54) is 0 Å². The summed E-state index contributed by atoms with van der Waals surface area (Å²) in [5, 5.41) is 11.5. The van der Waals surface area contributed by atoms with Gasteiger partial charge in [-0.25, -0.2) is 9.50 Å². The van der Waals surface area contributed by atoms with Crippen LogP contribution in [0.25, 0.3) is 16.8 Å². The second kappa shape index (κ2) is 7.11. The van der Waals surface area contributed by atoms with Crippen LogP contribution in [0.1, 0.15) is 19.3 Å². The number of terminal acetylenes is 1. The van der Waals surface area contributed by atoms with Crippen molar-refractivity contribution in [1.82, 2.24) is 29.7 Å². The number of fused-ring (bicyclic) bond motifs is 1. The fourth-order valence-corrected chi connectivity index (χ4v) is 3.57. The van der Waals surface area contributed by atoms with Gasteiger partial charge in [-0.3, -0.25) is 9.48 Å². The normalized spacial score (nSPS) is 17.0. The van der Waals surface area contributed by atoms with Gasteiger partial charge in [-0.2, -0.15) is 10.2 Å². The molecule has 0 bridgehead atoms. The van der Waals surface area contributed by atoms with Crippen molar-refractivity contribution in [2.24, 2.45) is 7.05 Å². The Hall–Kier alpha value is -3.34. The molecule has 1 N–H and O–H groups in total. The molecule has 8 heteroatoms. The zero-order valence-electron chi connectivity index (χ0n) is 15.2. The van der Waals surface area contributed by atoms with Crippen molar-refractivity contribution in [3.8, 4) is 23.6 Å². The van der Waals surface area contributed by atoms with E-state index in [4.69, 9.17) is 11.4 Å². The first-order valence-electron chi connectivity index (χ1n) is 9.00. The molecule has 0 radical (unpaired) electrons. The van der Waals surface area contributed by atoms with Gasteiger partial charge in [-0.05, 0) is 31.2 Å². The van der Waals surface area contributed by atoms with Crippen LogP contribution >= 0.6 is 0 Å². The van der Waals surface area contributed by atoms with Gasteiger partial charge >= 0.3 is 0 Å². The Labute approximate surface area is 157 Å². The Morgan fingerprint density at radius 1 is 1.37 bits per heavy atom. The summed E-state index contributed by atoms with van der Waals surface area (Å²) >= 11 is 0. The van der Waals surface area contributed by atoms with Crippen LogP contribution < -0.4 is 10.2 Å². The molecule has 1 atom stereocenters. The average Bonchev–Trinajstić information content (AvgIpc) is 3.34. The summed E-state index contributed by atoms with van der Waals surface area (Å²) in [5.74, 6) is 2.60. The van der Waals surface area contributed by atoms with E-state index in [0.29, 0.717) is 6.54 Å². The molecular weight excluding hydrogens is 342 g/mol. The van der Waals surface area contributed by atoms with Gasteiger partial charge in [0.2, 0.25) is 0 Å². The largest absolute Gasteiger partial charge is 0.350 e. The van der Waals surface area contributed by atoms with E-state index in [1.807, 2.05) is 30.0 Å². The number of nitrogens with zero attached hydrogens (tertiary/aromatic N) is 6. The van der Waals surface area contributed by atoms with E-state index in [9.17, 15) is 4.79 Å². The molecule has 3 aromatic heterocycles. The Balaban J connectivity index is 1.73. The Bertz CT molecular complexity index is 1010. The molecule has 4 heterocycles. The lowest BCUT2D eigenvalue weighted by Gasteiger charge is -2.37. The number of rotatable bonds is 4. The number of aryl methyl sites for hydroxylation is 1. The molecule has 0 aliphatic carbocycles. The number of carbonyl (C=O) groups excluding carboxylic acids is 1. The number of nitrogens with one attached hydrogen (secondary N) is 1. The third kappa shape index (κ3) is 3.36. The van der Waals surface area contributed by atoms with Crippen molar-refractivity contribution in [2.45, 2.75) is 25.3 Å². The minimum atomic E-state index is -0.382. The van der Waals surface area contributed by atoms with E-state index in [0.717, 1.165) is 48.4 Å². The summed E-state index contributed by atoms with van der Waals surface area (Å²) in [4.78, 5) is 18.7. The van der Waals surface area contributed by atoms with Gasteiger partial charge in [-0.15, -0.1) is 6.42 Å². The SMILES string of the molecule is C#CC(=O)NC[C@H]1CCCCN1c1nc(-c2cnn(C)c2)cn2nccc12. The number of piperidine rings is 1. The molecule has 1 aliphatic rings. The molecule has 1 fully saturated rings. The Kier molecular flexibility index (Phi) is 4.50. The molecule has 0 unspecified atom stereocenters. The first-order chi connectivity index (χ1) is 13.2. The van der Waals surface area contributed by atoms with Crippen molar-refractivity contribution < 1.29 is 4.79 Å². The molecular formula is C19H21N7O. The summed E-state index contributed by atoms with van der Waals surface area (Å²) in [6.45, 7) is 1.38. The third-order valence-electron chi connectivity index (χ3n) is 4.90. The fraction of sp³-hybridized carbons (Fsp3) is 0.368. The van der Waals surface area contributed by atoms with Gasteiger partial charge in [0, 0.05) is 37.9 Å². The van der Waals surface area contributed by atoms with Crippen LogP contribution in [0.5, 0.6) is 0 Å². The van der Waals surface area contributed by atoms with Crippen molar-refractivity contribution in [1.29, 1.82) is 0 Å². The van der Waals surface area contributed by atoms with Gasteiger partial charge in [0.15, 0.2) is 5.82 Å². The highest BCUT2D eigenvalue weighted by molar-refractivity contribution is 5.92. The highest BCUT2D eigenvalue weighted by Gasteiger charge is 2.26. The topological polar surface area (TPSA) is 80.4 Å². The average molecular weight is 363 g/mol. The maximum absolute atomic E-state index is 11.5. The van der Waals surface area contributed by atoms with Crippen molar-refractivity contribution in [3.63, 3.8) is 0 Å². The number of amides is 1. The predicted octanol–water partition coefficient (Wildman–Crippen LogP) is 1.24. The lowest BCUT2D eigenvalue weighted by atomic mass is 10.0. The maximum atomic E-state index is 11.5. The molecule has 3 aromatic rings. The molecule has 0 spiro atoms. The van der Waals surface area contributed by atoms with Crippen LogP contribution in [0.15, 0.2) is 30.9 Å². The minimum absolute atomic E-state index is 0.145. The number of hydrogen-bond donors (Lipinski definition) is 1. The predicted molar refractivity (Wildman–Crippen MR) is 102 cm³/mol. The highest BCUT2D eigenvalue weighted by Crippen LogP contribution is 2.29. The standard InChI is InChI=1S/C19H21N7O/c1-3-18(27)20-11-15-6-4-5-9-25(15)19-17-7-8-21-26(17)13-16(23-19)14-10-22-24(2)12-14/h1,7-8,10,12-13,15H,4-6,9,11H2,2H3,(H,20,27)/t15-/m1/s1. The molecule has 4 rings (SSSR count). The van der Waals surface area contributed by atoms with E-state index in [2.05, 4.69) is 26.3 Å². The van der Waals surface area contributed by atoms with Gasteiger partial charge in [0.1, 0.15) is 5.52 Å². The van der Waals surface area contributed by atoms with Gasteiger partial charge in [0.25, 0.3) is 5.91 Å². The van der Waals surface area contributed by atoms with Crippen LogP contribution in [-0.2, 0) is 11.8 Å². The summed E-state index contributed by atoms with van der Waals surface area (Å²) < 4.78 is 3.60. The van der Waals surface area contributed by atoms with Crippen LogP contribution in [0, 0.1) is 12.3 Å². The monoisotopic (exact) mass is 363 g/mol. The third-order valence-corrected chi connectivity index (χ3v) is 4.90. The number of aromatic nitrogens is 5. The molecule has 27 heavy (non-hydrogen) atoms. The van der Waals surface area contributed by atoms with Gasteiger partial charge in [0.05, 0.1) is 24.3 Å². The van der Waals surface area contributed by atoms with Crippen LogP contribution in [0.3, 0.4) is 0 Å². The number of hydrogen-bond acceptors (Lipinski definition) is 5. The molecule has 1 saturated heterocycles. The number of carbonyl (C=O) groups is 1. The molecule has 0 saturated carbocycles. The second-order valence-electron chi connectivity index (χ2n) is 6.71. The van der Waals surface area contributed by atoms with E-state index in [1.54, 1.807) is 17.1 Å². The Morgan fingerprint density at radius 3 is 3.04 bits per heavy atom. The molecule has 1 amide bonds. The zero-order valence-corrected chi connectivity index (χ0v) is 15.2. The smallest absolute Gasteiger partial charge is 0.295 e. The van der Waals surface area contributed by atoms with Crippen LogP contribution in [0.4, 0.5) is 5.82 Å². The minimum Gasteiger partial charge on any atom is -0.350 e. The second-order valence-corrected chi connectivity index (χ2v) is 6.71. The molecule has 1 aliphatic heterocycles. The van der Waals surface area contributed by atoms with E-state index in [-0.39, 0.29) is 11.9 Å².